The van der Waals surface area contributed by atoms with Gasteiger partial charge in [-0.05, 0) is 11.1 Å². The van der Waals surface area contributed by atoms with E-state index in [4.69, 9.17) is 16.7 Å². The fraction of sp³-hybridized carbons (Fsp3) is 0.333. The predicted molar refractivity (Wildman–Crippen MR) is 79.1 cm³/mol. The Hall–Kier alpha value is -1.65. The van der Waals surface area contributed by atoms with Crippen LogP contribution in [0.2, 0.25) is 5.15 Å². The van der Waals surface area contributed by atoms with E-state index in [9.17, 15) is 4.79 Å². The highest BCUT2D eigenvalue weighted by atomic mass is 35.5. The van der Waals surface area contributed by atoms with Gasteiger partial charge in [-0.1, -0.05) is 49.7 Å². The number of rotatable bonds is 4. The summed E-state index contributed by atoms with van der Waals surface area (Å²) < 4.78 is 1.63. The lowest BCUT2D eigenvalue weighted by molar-refractivity contribution is 0.282. The van der Waals surface area contributed by atoms with Gasteiger partial charge >= 0.3 is 0 Å². The Morgan fingerprint density at radius 3 is 2.40 bits per heavy atom. The number of nitrogens with zero attached hydrogens (tertiary/aromatic N) is 2. The lowest BCUT2D eigenvalue weighted by Gasteiger charge is -2.14. The summed E-state index contributed by atoms with van der Waals surface area (Å²) in [7, 11) is 0. The maximum absolute atomic E-state index is 12.1. The molecule has 1 aromatic heterocycles. The molecular formula is C15H17ClN2O2. The van der Waals surface area contributed by atoms with Crippen LogP contribution in [-0.2, 0) is 13.2 Å². The molecule has 0 aliphatic heterocycles. The zero-order valence-corrected chi connectivity index (χ0v) is 12.3. The van der Waals surface area contributed by atoms with E-state index in [1.54, 1.807) is 4.57 Å². The molecule has 1 N–H and O–H groups in total. The van der Waals surface area contributed by atoms with Crippen LogP contribution in [0.3, 0.4) is 0 Å². The van der Waals surface area contributed by atoms with Gasteiger partial charge in [0.25, 0.3) is 5.56 Å². The second-order valence-electron chi connectivity index (χ2n) is 4.99. The first-order valence-electron chi connectivity index (χ1n) is 6.47. The van der Waals surface area contributed by atoms with Crippen molar-refractivity contribution in [2.24, 2.45) is 0 Å². The molecule has 20 heavy (non-hydrogen) atoms. The first kappa shape index (κ1) is 14.8. The molecule has 5 heteroatoms. The minimum absolute atomic E-state index is 0.0139. The van der Waals surface area contributed by atoms with Crippen molar-refractivity contribution < 1.29 is 5.11 Å². The maximum Gasteiger partial charge on any atom is 0.255 e. The van der Waals surface area contributed by atoms with Crippen molar-refractivity contribution in [2.45, 2.75) is 32.9 Å². The summed E-state index contributed by atoms with van der Waals surface area (Å²) >= 11 is 5.86. The third-order valence-corrected chi connectivity index (χ3v) is 3.26. The van der Waals surface area contributed by atoms with E-state index in [2.05, 4.69) is 4.98 Å². The Balaban J connectivity index is 2.39. The average molecular weight is 293 g/mol. The van der Waals surface area contributed by atoms with Crippen LogP contribution in [0.4, 0.5) is 0 Å². The standard InChI is InChI=1S/C15H17ClN2O2/c1-10(2)15-17-13(16)7-14(20)18(15)8-11-3-5-12(9-19)6-4-11/h3-7,10,19H,8-9H2,1-2H3. The second kappa shape index (κ2) is 6.20. The first-order chi connectivity index (χ1) is 9.51. The molecular weight excluding hydrogens is 276 g/mol. The first-order valence-corrected chi connectivity index (χ1v) is 6.85. The fourth-order valence-electron chi connectivity index (χ4n) is 2.03. The summed E-state index contributed by atoms with van der Waals surface area (Å²) in [5.74, 6) is 0.784. The van der Waals surface area contributed by atoms with E-state index < -0.39 is 0 Å². The van der Waals surface area contributed by atoms with Gasteiger partial charge in [-0.25, -0.2) is 4.98 Å². The molecule has 0 spiro atoms. The van der Waals surface area contributed by atoms with Crippen LogP contribution < -0.4 is 5.56 Å². The van der Waals surface area contributed by atoms with E-state index in [1.165, 1.54) is 6.07 Å². The topological polar surface area (TPSA) is 55.1 Å². The molecule has 1 heterocycles. The molecule has 4 nitrogen and oxygen atoms in total. The molecule has 2 rings (SSSR count). The van der Waals surface area contributed by atoms with E-state index in [0.717, 1.165) is 11.1 Å². The fourth-order valence-corrected chi connectivity index (χ4v) is 2.21. The second-order valence-corrected chi connectivity index (χ2v) is 5.38. The number of aromatic nitrogens is 2. The van der Waals surface area contributed by atoms with Gasteiger partial charge in [0.05, 0.1) is 13.2 Å². The predicted octanol–water partition coefficient (Wildman–Crippen LogP) is 2.56. The third kappa shape index (κ3) is 3.26. The monoisotopic (exact) mass is 292 g/mol. The third-order valence-electron chi connectivity index (χ3n) is 3.07. The Kier molecular flexibility index (Phi) is 4.57. The van der Waals surface area contributed by atoms with E-state index >= 15 is 0 Å². The summed E-state index contributed by atoms with van der Waals surface area (Å²) in [4.78, 5) is 16.3. The highest BCUT2D eigenvalue weighted by molar-refractivity contribution is 6.29. The molecule has 0 fully saturated rings. The van der Waals surface area contributed by atoms with Crippen LogP contribution >= 0.6 is 11.6 Å². The zero-order valence-electron chi connectivity index (χ0n) is 11.5. The smallest absolute Gasteiger partial charge is 0.255 e. The number of aliphatic hydroxyl groups is 1. The van der Waals surface area contributed by atoms with Crippen LogP contribution in [0.25, 0.3) is 0 Å². The molecule has 0 radical (unpaired) electrons. The zero-order chi connectivity index (χ0) is 14.7. The maximum atomic E-state index is 12.1. The quantitative estimate of drug-likeness (QED) is 0.881. The van der Waals surface area contributed by atoms with E-state index in [0.29, 0.717) is 12.4 Å². The minimum atomic E-state index is -0.153. The number of hydrogen-bond donors (Lipinski definition) is 1. The molecule has 0 bridgehead atoms. The lowest BCUT2D eigenvalue weighted by Crippen LogP contribution is -2.25. The summed E-state index contributed by atoms with van der Waals surface area (Å²) in [6, 6.07) is 8.82. The van der Waals surface area contributed by atoms with E-state index in [-0.39, 0.29) is 23.2 Å². The van der Waals surface area contributed by atoms with Crippen molar-refractivity contribution in [3.05, 3.63) is 62.8 Å². The van der Waals surface area contributed by atoms with Gasteiger partial charge < -0.3 is 5.11 Å². The molecule has 0 atom stereocenters. The molecule has 0 saturated carbocycles. The van der Waals surface area contributed by atoms with Crippen LogP contribution in [-0.4, -0.2) is 14.7 Å². The van der Waals surface area contributed by atoms with Crippen molar-refractivity contribution in [2.75, 3.05) is 0 Å². The number of halogens is 1. The van der Waals surface area contributed by atoms with Gasteiger partial charge in [-0.3, -0.25) is 9.36 Å². The Labute approximate surface area is 122 Å². The van der Waals surface area contributed by atoms with Crippen molar-refractivity contribution in [3.63, 3.8) is 0 Å². The summed E-state index contributed by atoms with van der Waals surface area (Å²) in [5.41, 5.74) is 1.68. The summed E-state index contributed by atoms with van der Waals surface area (Å²) in [6.07, 6.45) is 0. The number of benzene rings is 1. The largest absolute Gasteiger partial charge is 0.392 e. The van der Waals surface area contributed by atoms with Crippen LogP contribution in [0.1, 0.15) is 36.7 Å². The van der Waals surface area contributed by atoms with Crippen LogP contribution in [0.5, 0.6) is 0 Å². The van der Waals surface area contributed by atoms with Crippen molar-refractivity contribution in [3.8, 4) is 0 Å². The molecule has 0 aliphatic rings. The highest BCUT2D eigenvalue weighted by Gasteiger charge is 2.11. The van der Waals surface area contributed by atoms with Crippen molar-refractivity contribution in [1.29, 1.82) is 0 Å². The van der Waals surface area contributed by atoms with Crippen LogP contribution in [0.15, 0.2) is 35.1 Å². The van der Waals surface area contributed by atoms with Gasteiger partial charge in [0, 0.05) is 12.0 Å². The molecule has 106 valence electrons. The minimum Gasteiger partial charge on any atom is -0.392 e. The van der Waals surface area contributed by atoms with Crippen molar-refractivity contribution >= 4 is 11.6 Å². The summed E-state index contributed by atoms with van der Waals surface area (Å²) in [6.45, 7) is 4.41. The Morgan fingerprint density at radius 1 is 1.25 bits per heavy atom. The number of aliphatic hydroxyl groups excluding tert-OH is 1. The molecule has 0 aliphatic carbocycles. The lowest BCUT2D eigenvalue weighted by atomic mass is 10.1. The molecule has 0 saturated heterocycles. The average Bonchev–Trinajstić information content (AvgIpc) is 2.42. The van der Waals surface area contributed by atoms with Gasteiger partial charge in [0.2, 0.25) is 0 Å². The Bertz CT molecular complexity index is 648. The molecule has 2 aromatic rings. The SMILES string of the molecule is CC(C)c1nc(Cl)cc(=O)n1Cc1ccc(CO)cc1. The van der Waals surface area contributed by atoms with Gasteiger partial charge in [0.15, 0.2) is 0 Å². The van der Waals surface area contributed by atoms with Gasteiger partial charge in [-0.15, -0.1) is 0 Å². The Morgan fingerprint density at radius 2 is 1.85 bits per heavy atom. The summed E-state index contributed by atoms with van der Waals surface area (Å²) in [5, 5.41) is 9.26. The highest BCUT2D eigenvalue weighted by Crippen LogP contribution is 2.14. The molecule has 1 aromatic carbocycles. The van der Waals surface area contributed by atoms with Gasteiger partial charge in [0.1, 0.15) is 11.0 Å². The van der Waals surface area contributed by atoms with Crippen LogP contribution in [0, 0.1) is 0 Å². The van der Waals surface area contributed by atoms with Crippen molar-refractivity contribution in [1.82, 2.24) is 9.55 Å². The molecule has 0 unspecified atom stereocenters. The molecule has 0 amide bonds. The van der Waals surface area contributed by atoms with E-state index in [1.807, 2.05) is 38.1 Å². The normalized spacial score (nSPS) is 11.1. The number of hydrogen-bond acceptors (Lipinski definition) is 3. The van der Waals surface area contributed by atoms with Gasteiger partial charge in [-0.2, -0.15) is 0 Å².